The number of unbranched alkanes of at least 4 members (excludes halogenated alkanes) is 2. The van der Waals surface area contributed by atoms with E-state index < -0.39 is 9.85 Å². The molecular weight excluding hydrogens is 799 g/mol. The summed E-state index contributed by atoms with van der Waals surface area (Å²) in [6.07, 6.45) is 22.2. The van der Waals surface area contributed by atoms with E-state index in [0.29, 0.717) is 49.2 Å². The van der Waals surface area contributed by atoms with Gasteiger partial charge >= 0.3 is 0 Å². The first-order valence-corrected chi connectivity index (χ1v) is 24.6. The lowest BCUT2D eigenvalue weighted by Gasteiger charge is -2.58. The fourth-order valence-corrected chi connectivity index (χ4v) is 12.3. The molecule has 5 rings (SSSR count). The van der Waals surface area contributed by atoms with Crippen LogP contribution in [-0.4, -0.2) is 66.3 Å². The van der Waals surface area contributed by atoms with Crippen LogP contribution in [0.5, 0.6) is 0 Å². The summed E-state index contributed by atoms with van der Waals surface area (Å²) in [4.78, 5) is 57.7. The van der Waals surface area contributed by atoms with Gasteiger partial charge in [-0.25, -0.2) is 0 Å². The molecule has 0 spiro atoms. The predicted octanol–water partition coefficient (Wildman–Crippen LogP) is 9.38. The number of nitrogens with one attached hydrogen (secondary N) is 5. The van der Waals surface area contributed by atoms with Gasteiger partial charge in [-0.1, -0.05) is 78.4 Å². The molecule has 0 aromatic heterocycles. The van der Waals surface area contributed by atoms with Crippen LogP contribution in [0.4, 0.5) is 17.1 Å². The minimum Gasteiger partial charge on any atom is -0.379 e. The molecular formula is C49H79N7O7. The van der Waals surface area contributed by atoms with Crippen LogP contribution in [0.2, 0.25) is 0 Å². The quantitative estimate of drug-likeness (QED) is 0.0261. The van der Waals surface area contributed by atoms with Crippen molar-refractivity contribution in [2.24, 2.45) is 46.3 Å². The van der Waals surface area contributed by atoms with Gasteiger partial charge in [-0.15, -0.1) is 0 Å². The number of amides is 3. The SMILES string of the molecule is CCC(C)CCCC(C)[C@H]1CCC2C3CC=C4C[C@@H](NCCCNC(=O)CCNC(=O)CCNC(=O)CCCCCNc5ccc([N+](=O)[O-])cc5[N+](=O)[O-])CC[C@]4(C)C3CC[C@@]21C. The van der Waals surface area contributed by atoms with Gasteiger partial charge in [0.1, 0.15) is 5.69 Å². The van der Waals surface area contributed by atoms with Crippen LogP contribution in [0.3, 0.4) is 0 Å². The molecule has 5 N–H and O–H groups in total. The maximum absolute atomic E-state index is 12.4. The van der Waals surface area contributed by atoms with Crippen LogP contribution in [0.1, 0.15) is 157 Å². The standard InChI is InChI=1S/C49H79N7O7/c1-6-34(2)12-10-13-35(3)40-18-19-41-39-17-15-36-32-37(21-25-48(36,4)42(39)22-26-49(40,41)5)50-28-11-29-52-46(58)23-31-54-47(59)24-30-53-45(57)14-8-7-9-27-51-43-20-16-38(55(60)61)33-44(43)56(62)63/h15-16,20,33-35,37,39-42,50-51H,6-14,17-19,21-32H2,1-5H3,(H,52,58)(H,53,57)(H,54,59)/t34?,35?,37-,39?,40+,41?,42?,48-,49+/m0/s1. The van der Waals surface area contributed by atoms with Gasteiger partial charge in [0.25, 0.3) is 11.4 Å². The topological polar surface area (TPSA) is 198 Å². The molecule has 0 saturated heterocycles. The zero-order valence-corrected chi connectivity index (χ0v) is 39.1. The Bertz CT molecular complexity index is 1760. The monoisotopic (exact) mass is 878 g/mol. The Hall–Kier alpha value is -4.07. The molecule has 0 radical (unpaired) electrons. The average Bonchev–Trinajstić information content (AvgIpc) is 3.61. The first-order valence-electron chi connectivity index (χ1n) is 24.6. The second kappa shape index (κ2) is 23.7. The molecule has 9 atom stereocenters. The molecule has 352 valence electrons. The highest BCUT2D eigenvalue weighted by atomic mass is 16.6. The highest BCUT2D eigenvalue weighted by molar-refractivity contribution is 5.80. The first kappa shape index (κ1) is 49.9. The number of benzene rings is 1. The smallest absolute Gasteiger partial charge is 0.299 e. The van der Waals surface area contributed by atoms with Crippen LogP contribution in [-0.2, 0) is 14.4 Å². The molecule has 14 heteroatoms. The molecule has 0 heterocycles. The second-order valence-electron chi connectivity index (χ2n) is 20.2. The van der Waals surface area contributed by atoms with Crippen molar-refractivity contribution in [1.82, 2.24) is 21.3 Å². The van der Waals surface area contributed by atoms with Crippen molar-refractivity contribution in [3.05, 3.63) is 50.1 Å². The minimum absolute atomic E-state index is 0.0895. The van der Waals surface area contributed by atoms with Crippen LogP contribution >= 0.6 is 0 Å². The van der Waals surface area contributed by atoms with Crippen molar-refractivity contribution in [2.45, 2.75) is 163 Å². The molecule has 3 saturated carbocycles. The fraction of sp³-hybridized carbons (Fsp3) is 0.776. The molecule has 1 aromatic carbocycles. The van der Waals surface area contributed by atoms with Crippen molar-refractivity contribution in [2.75, 3.05) is 38.0 Å². The molecule has 4 aliphatic rings. The zero-order chi connectivity index (χ0) is 45.6. The van der Waals surface area contributed by atoms with E-state index in [1.165, 1.54) is 82.8 Å². The molecule has 1 aromatic rings. The van der Waals surface area contributed by atoms with Crippen molar-refractivity contribution in [3.8, 4) is 0 Å². The largest absolute Gasteiger partial charge is 0.379 e. The number of allylic oxidation sites excluding steroid dienone is 1. The summed E-state index contributed by atoms with van der Waals surface area (Å²) in [7, 11) is 0. The van der Waals surface area contributed by atoms with Crippen molar-refractivity contribution in [3.63, 3.8) is 0 Å². The number of carbonyl (C=O) groups is 3. The molecule has 14 nitrogen and oxygen atoms in total. The Morgan fingerprint density at radius 3 is 2.17 bits per heavy atom. The molecule has 3 fully saturated rings. The van der Waals surface area contributed by atoms with Crippen LogP contribution < -0.4 is 26.6 Å². The van der Waals surface area contributed by atoms with E-state index in [0.717, 1.165) is 61.0 Å². The van der Waals surface area contributed by atoms with Gasteiger partial charge in [-0.05, 0) is 130 Å². The molecule has 0 bridgehead atoms. The first-order chi connectivity index (χ1) is 30.2. The highest BCUT2D eigenvalue weighted by Gasteiger charge is 2.59. The number of nitrogens with zero attached hydrogens (tertiary/aromatic N) is 2. The van der Waals surface area contributed by atoms with E-state index in [2.05, 4.69) is 67.3 Å². The maximum atomic E-state index is 12.4. The van der Waals surface area contributed by atoms with Crippen molar-refractivity contribution in [1.29, 1.82) is 0 Å². The van der Waals surface area contributed by atoms with Crippen LogP contribution in [0.25, 0.3) is 0 Å². The molecule has 63 heavy (non-hydrogen) atoms. The lowest BCUT2D eigenvalue weighted by molar-refractivity contribution is -0.393. The van der Waals surface area contributed by atoms with Gasteiger partial charge in [0.05, 0.1) is 15.9 Å². The predicted molar refractivity (Wildman–Crippen MR) is 249 cm³/mol. The van der Waals surface area contributed by atoms with Crippen LogP contribution in [0, 0.1) is 66.6 Å². The summed E-state index contributed by atoms with van der Waals surface area (Å²) in [6, 6.07) is 3.96. The van der Waals surface area contributed by atoms with Gasteiger partial charge in [-0.3, -0.25) is 34.6 Å². The van der Waals surface area contributed by atoms with Crippen molar-refractivity contribution >= 4 is 34.8 Å². The minimum atomic E-state index is -0.678. The van der Waals surface area contributed by atoms with Gasteiger partial charge in [0.2, 0.25) is 17.7 Å². The Morgan fingerprint density at radius 1 is 0.762 bits per heavy atom. The number of hydrogen-bond donors (Lipinski definition) is 5. The lowest BCUT2D eigenvalue weighted by Crippen LogP contribution is -2.51. The third-order valence-electron chi connectivity index (χ3n) is 16.2. The van der Waals surface area contributed by atoms with Crippen LogP contribution in [0.15, 0.2) is 29.8 Å². The summed E-state index contributed by atoms with van der Waals surface area (Å²) < 4.78 is 0. The zero-order valence-electron chi connectivity index (χ0n) is 39.1. The maximum Gasteiger partial charge on any atom is 0.299 e. The fourth-order valence-electron chi connectivity index (χ4n) is 12.3. The van der Waals surface area contributed by atoms with E-state index in [4.69, 9.17) is 0 Å². The number of hydrogen-bond acceptors (Lipinski definition) is 9. The number of anilines is 1. The van der Waals surface area contributed by atoms with E-state index >= 15 is 0 Å². The Balaban J connectivity index is 0.877. The number of fused-ring (bicyclic) bond motifs is 5. The lowest BCUT2D eigenvalue weighted by atomic mass is 9.47. The number of rotatable bonds is 26. The van der Waals surface area contributed by atoms with Gasteiger partial charge in [0, 0.05) is 57.5 Å². The average molecular weight is 878 g/mol. The van der Waals surface area contributed by atoms with Crippen molar-refractivity contribution < 1.29 is 24.2 Å². The van der Waals surface area contributed by atoms with Gasteiger partial charge < -0.3 is 26.6 Å². The third kappa shape index (κ3) is 13.5. The molecule has 0 aliphatic heterocycles. The Kier molecular flexibility index (Phi) is 18.8. The summed E-state index contributed by atoms with van der Waals surface area (Å²) in [6.45, 7) is 14.9. The normalized spacial score (nSPS) is 27.1. The number of nitro groups is 2. The summed E-state index contributed by atoms with van der Waals surface area (Å²) in [5, 5.41) is 37.4. The molecule has 4 aliphatic carbocycles. The van der Waals surface area contributed by atoms with E-state index in [1.807, 2.05) is 0 Å². The van der Waals surface area contributed by atoms with E-state index in [-0.39, 0.29) is 67.1 Å². The Labute approximate surface area is 376 Å². The summed E-state index contributed by atoms with van der Waals surface area (Å²) in [5.74, 6) is 4.69. The number of carbonyl (C=O) groups excluding carboxylic acids is 3. The van der Waals surface area contributed by atoms with E-state index in [1.54, 1.807) is 5.57 Å². The highest BCUT2D eigenvalue weighted by Crippen LogP contribution is 2.67. The second-order valence-corrected chi connectivity index (χ2v) is 20.2. The van der Waals surface area contributed by atoms with E-state index in [9.17, 15) is 34.6 Å². The number of non-ortho nitro benzene ring substituents is 1. The molecule has 3 amide bonds. The summed E-state index contributed by atoms with van der Waals surface area (Å²) in [5.41, 5.74) is 2.08. The summed E-state index contributed by atoms with van der Waals surface area (Å²) >= 11 is 0. The molecule has 5 unspecified atom stereocenters. The van der Waals surface area contributed by atoms with Gasteiger partial charge in [-0.2, -0.15) is 0 Å². The third-order valence-corrected chi connectivity index (χ3v) is 16.2. The Morgan fingerprint density at radius 2 is 1.48 bits per heavy atom. The number of nitro benzene ring substituents is 2. The van der Waals surface area contributed by atoms with Gasteiger partial charge in [0.15, 0.2) is 0 Å².